The summed E-state index contributed by atoms with van der Waals surface area (Å²) in [6.45, 7) is -5.57. The molecule has 2 rings (SSSR count). The summed E-state index contributed by atoms with van der Waals surface area (Å²) in [4.78, 5) is 32.9. The number of rotatable bonds is 5. The van der Waals surface area contributed by atoms with Crippen LogP contribution in [0.5, 0.6) is 0 Å². The number of imidazole rings is 1. The lowest BCUT2D eigenvalue weighted by atomic mass is 10.5. The summed E-state index contributed by atoms with van der Waals surface area (Å²) >= 11 is 0. The van der Waals surface area contributed by atoms with Gasteiger partial charge in [0.05, 0.1) is 24.9 Å². The molecule has 0 aliphatic heterocycles. The summed E-state index contributed by atoms with van der Waals surface area (Å²) in [5.41, 5.74) is -0.708. The molecule has 0 saturated carbocycles. The molecule has 0 atom stereocenters. The Morgan fingerprint density at radius 2 is 2.53 bits per heavy atom. The Morgan fingerprint density at radius 3 is 3.21 bits per heavy atom. The molecule has 1 amide bonds. The van der Waals surface area contributed by atoms with E-state index in [1.807, 2.05) is 0 Å². The molecule has 0 fully saturated rings. The molecular weight excluding hydrogens is 254 g/mol. The lowest BCUT2D eigenvalue weighted by Crippen LogP contribution is -2.17. The highest BCUT2D eigenvalue weighted by Crippen LogP contribution is 2.07. The van der Waals surface area contributed by atoms with Crippen molar-refractivity contribution in [2.45, 2.75) is 13.7 Å². The number of nitrogens with zero attached hydrogens (tertiary/aromatic N) is 3. The minimum Gasteiger partial charge on any atom is -0.394 e. The molecule has 0 radical (unpaired) electrons. The van der Waals surface area contributed by atoms with Crippen molar-refractivity contribution in [2.75, 3.05) is 18.4 Å². The van der Waals surface area contributed by atoms with Crippen LogP contribution in [0.15, 0.2) is 11.1 Å². The number of hydrogen-bond donors (Lipinski definition) is 3. The fourth-order valence-corrected chi connectivity index (χ4v) is 1.41. The minimum absolute atomic E-state index is 0.00759. The molecule has 2 aromatic rings. The highest BCUT2D eigenvalue weighted by atomic mass is 16.5. The molecule has 19 heavy (non-hydrogen) atoms. The Kier molecular flexibility index (Phi) is 2.58. The molecule has 102 valence electrons. The number of amides is 1. The molecule has 9 heteroatoms. The molecule has 0 aliphatic carbocycles. The molecule has 0 saturated heterocycles. The Morgan fingerprint density at radius 1 is 1.74 bits per heavy atom. The molecule has 0 bridgehead atoms. The van der Waals surface area contributed by atoms with Gasteiger partial charge in [-0.15, -0.1) is 0 Å². The van der Waals surface area contributed by atoms with Gasteiger partial charge in [0.15, 0.2) is 11.2 Å². The van der Waals surface area contributed by atoms with Crippen molar-refractivity contribution < 1.29 is 20.1 Å². The predicted octanol–water partition coefficient (Wildman–Crippen LogP) is -0.956. The van der Waals surface area contributed by atoms with Crippen LogP contribution in [0.25, 0.3) is 11.2 Å². The van der Waals surface area contributed by atoms with Crippen LogP contribution >= 0.6 is 0 Å². The van der Waals surface area contributed by atoms with Gasteiger partial charge in [-0.1, -0.05) is 0 Å². The number of hydrogen-bond acceptors (Lipinski definition) is 6. The fraction of sp³-hybridized carbons (Fsp3) is 0.400. The average Bonchev–Trinajstić information content (AvgIpc) is 2.78. The third-order valence-electron chi connectivity index (χ3n) is 2.09. The number of aromatic nitrogens is 4. The highest BCUT2D eigenvalue weighted by molar-refractivity contribution is 5.87. The summed E-state index contributed by atoms with van der Waals surface area (Å²) in [7, 11) is 0. The van der Waals surface area contributed by atoms with E-state index in [0.29, 0.717) is 0 Å². The van der Waals surface area contributed by atoms with Crippen molar-refractivity contribution in [2.24, 2.45) is 0 Å². The zero-order valence-corrected chi connectivity index (χ0v) is 9.80. The fourth-order valence-electron chi connectivity index (χ4n) is 1.41. The number of H-pyrrole nitrogens is 1. The maximum Gasteiger partial charge on any atom is 0.280 e. The van der Waals surface area contributed by atoms with E-state index in [0.717, 1.165) is 10.9 Å². The summed E-state index contributed by atoms with van der Waals surface area (Å²) in [5, 5.41) is 11.4. The Hall–Kier alpha value is -2.26. The van der Waals surface area contributed by atoms with Crippen LogP contribution in [0.2, 0.25) is 0 Å². The van der Waals surface area contributed by atoms with Crippen LogP contribution in [0.3, 0.4) is 0 Å². The average molecular weight is 271 g/mol. The molecule has 2 heterocycles. The summed E-state index contributed by atoms with van der Waals surface area (Å²) in [6, 6.07) is 0. The van der Waals surface area contributed by atoms with Gasteiger partial charge in [-0.3, -0.25) is 24.5 Å². The first kappa shape index (κ1) is 8.77. The van der Waals surface area contributed by atoms with Crippen molar-refractivity contribution in [3.63, 3.8) is 0 Å². The normalized spacial score (nSPS) is 15.5. The van der Waals surface area contributed by atoms with Gasteiger partial charge in [-0.25, -0.2) is 4.98 Å². The van der Waals surface area contributed by atoms with Crippen LogP contribution in [0, 0.1) is 0 Å². The number of ether oxygens (including phenoxy) is 1. The minimum atomic E-state index is -3.23. The summed E-state index contributed by atoms with van der Waals surface area (Å²) in [6.07, 6.45) is 1.13. The molecule has 9 nitrogen and oxygen atoms in total. The smallest absolute Gasteiger partial charge is 0.280 e. The number of anilines is 1. The molecule has 0 spiro atoms. The zero-order valence-electron chi connectivity index (χ0n) is 13.8. The van der Waals surface area contributed by atoms with Crippen molar-refractivity contribution in [3.8, 4) is 0 Å². The first-order chi connectivity index (χ1) is 10.5. The second-order valence-electron chi connectivity index (χ2n) is 3.47. The standard InChI is InChI=1S/C10H13N5O4/c1-6(17)12-10-13-8-7(9(18)14-10)11-4-15(8)5-19-3-2-16/h4,16H,2-3,5H2,1H3,(H2,12,13,14,17,18)/i2D2,3D2. The van der Waals surface area contributed by atoms with Gasteiger partial charge < -0.3 is 9.84 Å². The van der Waals surface area contributed by atoms with Crippen LogP contribution in [0.1, 0.15) is 12.4 Å². The van der Waals surface area contributed by atoms with Crippen molar-refractivity contribution in [3.05, 3.63) is 16.7 Å². The van der Waals surface area contributed by atoms with Crippen LogP contribution < -0.4 is 10.9 Å². The van der Waals surface area contributed by atoms with E-state index in [9.17, 15) is 9.59 Å². The number of nitrogens with one attached hydrogen (secondary N) is 2. The van der Waals surface area contributed by atoms with Crippen molar-refractivity contribution >= 4 is 23.0 Å². The van der Waals surface area contributed by atoms with Crippen LogP contribution in [-0.2, 0) is 16.3 Å². The number of aromatic amines is 1. The quantitative estimate of drug-likeness (QED) is 0.644. The largest absolute Gasteiger partial charge is 0.394 e. The van der Waals surface area contributed by atoms with Crippen molar-refractivity contribution in [1.82, 2.24) is 19.5 Å². The second kappa shape index (κ2) is 5.59. The maximum absolute atomic E-state index is 11.8. The van der Waals surface area contributed by atoms with Gasteiger partial charge >= 0.3 is 0 Å². The second-order valence-corrected chi connectivity index (χ2v) is 3.47. The van der Waals surface area contributed by atoms with Gasteiger partial charge in [0.25, 0.3) is 5.56 Å². The van der Waals surface area contributed by atoms with E-state index in [4.69, 9.17) is 15.3 Å². The van der Waals surface area contributed by atoms with Crippen molar-refractivity contribution in [1.29, 1.82) is 0 Å². The molecule has 0 aromatic carbocycles. The summed E-state index contributed by atoms with van der Waals surface area (Å²) in [5.74, 6) is -0.586. The highest BCUT2D eigenvalue weighted by Gasteiger charge is 2.10. The summed E-state index contributed by atoms with van der Waals surface area (Å²) < 4.78 is 34.3. The predicted molar refractivity (Wildman–Crippen MR) is 65.5 cm³/mol. The number of carbonyl (C=O) groups excluding carboxylic acids is 1. The molecule has 3 N–H and O–H groups in total. The zero-order chi connectivity index (χ0) is 17.4. The monoisotopic (exact) mass is 271 g/mol. The topological polar surface area (TPSA) is 122 Å². The van der Waals surface area contributed by atoms with E-state index >= 15 is 0 Å². The van der Waals surface area contributed by atoms with Crippen LogP contribution in [-0.4, -0.2) is 43.7 Å². The van der Waals surface area contributed by atoms with E-state index < -0.39 is 31.3 Å². The van der Waals surface area contributed by atoms with Gasteiger partial charge in [0, 0.05) is 6.92 Å². The number of aliphatic hydroxyl groups is 1. The van der Waals surface area contributed by atoms with E-state index in [1.165, 1.54) is 6.92 Å². The SMILES string of the molecule is [2H]C([2H])(O)C([2H])([2H])OCn1cnc2c(=O)[nH]c(NC(C)=O)nc21. The lowest BCUT2D eigenvalue weighted by molar-refractivity contribution is -0.114. The Labute approximate surface area is 112 Å². The molecule has 2 aromatic heterocycles. The first-order valence-electron chi connectivity index (χ1n) is 7.10. The van der Waals surface area contributed by atoms with Gasteiger partial charge in [-0.05, 0) is 0 Å². The van der Waals surface area contributed by atoms with Gasteiger partial charge in [0.1, 0.15) is 6.73 Å². The van der Waals surface area contributed by atoms with Gasteiger partial charge in [0.2, 0.25) is 11.9 Å². The lowest BCUT2D eigenvalue weighted by Gasteiger charge is -2.05. The Balaban J connectivity index is 2.33. The Bertz CT molecular complexity index is 797. The molecule has 0 unspecified atom stereocenters. The molecular formula is C10H13N5O4. The maximum atomic E-state index is 11.8. The molecule has 0 aliphatic rings. The third kappa shape index (κ3) is 2.95. The number of carbonyl (C=O) groups is 1. The van der Waals surface area contributed by atoms with Gasteiger partial charge in [-0.2, -0.15) is 4.98 Å². The third-order valence-corrected chi connectivity index (χ3v) is 2.09. The van der Waals surface area contributed by atoms with Crippen LogP contribution in [0.4, 0.5) is 5.95 Å². The van der Waals surface area contributed by atoms with E-state index in [-0.39, 0.29) is 17.1 Å². The number of fused-ring (bicyclic) bond motifs is 1. The van der Waals surface area contributed by atoms with E-state index in [1.54, 1.807) is 0 Å². The first-order valence-corrected chi connectivity index (χ1v) is 5.10. The van der Waals surface area contributed by atoms with E-state index in [2.05, 4.69) is 20.3 Å².